The monoisotopic (exact) mass is 602 g/mol. The Bertz CT molecular complexity index is 1470. The van der Waals surface area contributed by atoms with Crippen molar-refractivity contribution in [1.29, 1.82) is 0 Å². The number of aryl methyl sites for hydroxylation is 1. The van der Waals surface area contributed by atoms with Crippen molar-refractivity contribution in [2.75, 3.05) is 32.8 Å². The molecule has 0 radical (unpaired) electrons. The Labute approximate surface area is 258 Å². The molecule has 44 heavy (non-hydrogen) atoms. The average Bonchev–Trinajstić information content (AvgIpc) is 3.88. The van der Waals surface area contributed by atoms with E-state index in [1.54, 1.807) is 24.3 Å². The van der Waals surface area contributed by atoms with Gasteiger partial charge in [0.1, 0.15) is 5.75 Å². The summed E-state index contributed by atoms with van der Waals surface area (Å²) >= 11 is 0. The van der Waals surface area contributed by atoms with Crippen LogP contribution in [0.2, 0.25) is 0 Å². The van der Waals surface area contributed by atoms with E-state index in [0.29, 0.717) is 17.7 Å². The van der Waals surface area contributed by atoms with E-state index in [0.717, 1.165) is 75.5 Å². The lowest BCUT2D eigenvalue weighted by Crippen LogP contribution is -2.30. The number of benzene rings is 3. The van der Waals surface area contributed by atoms with E-state index < -0.39 is 11.7 Å². The van der Waals surface area contributed by atoms with Crippen LogP contribution in [0.4, 0.5) is 13.2 Å². The summed E-state index contributed by atoms with van der Waals surface area (Å²) in [4.78, 5) is 15.1. The van der Waals surface area contributed by atoms with Crippen LogP contribution in [-0.2, 0) is 19.0 Å². The van der Waals surface area contributed by atoms with Gasteiger partial charge >= 0.3 is 6.18 Å². The smallest absolute Gasteiger partial charge is 0.416 e. The molecule has 0 aromatic heterocycles. The van der Waals surface area contributed by atoms with Gasteiger partial charge in [-0.1, -0.05) is 42.5 Å². The fourth-order valence-corrected chi connectivity index (χ4v) is 6.29. The van der Waals surface area contributed by atoms with Gasteiger partial charge < -0.3 is 10.1 Å². The predicted molar refractivity (Wildman–Crippen MR) is 169 cm³/mol. The molecule has 1 N–H and O–H groups in total. The molecule has 4 nitrogen and oxygen atoms in total. The second kappa shape index (κ2) is 13.6. The molecule has 0 saturated heterocycles. The number of halogens is 3. The fraction of sp³-hybridized carbons (Fsp3) is 0.432. The Morgan fingerprint density at radius 3 is 2.30 bits per heavy atom. The van der Waals surface area contributed by atoms with Crippen molar-refractivity contribution in [3.63, 3.8) is 0 Å². The number of hydrogen-bond acceptors (Lipinski definition) is 3. The van der Waals surface area contributed by atoms with E-state index in [-0.39, 0.29) is 5.91 Å². The summed E-state index contributed by atoms with van der Waals surface area (Å²) < 4.78 is 45.0. The van der Waals surface area contributed by atoms with Gasteiger partial charge in [0.15, 0.2) is 0 Å². The third kappa shape index (κ3) is 7.55. The first kappa shape index (κ1) is 30.4. The molecule has 3 aromatic rings. The number of unbranched alkanes of at least 4 members (excludes halogenated alkanes) is 1. The maximum atomic E-state index is 12.8. The number of carbonyl (C=O) groups is 1. The first-order valence-electron chi connectivity index (χ1n) is 16.1. The normalized spacial score (nSPS) is 17.1. The Morgan fingerprint density at radius 2 is 1.61 bits per heavy atom. The van der Waals surface area contributed by atoms with Crippen LogP contribution < -0.4 is 10.1 Å². The van der Waals surface area contributed by atoms with Crippen LogP contribution in [0.25, 0.3) is 16.7 Å². The molecule has 232 valence electrons. The van der Waals surface area contributed by atoms with E-state index in [2.05, 4.69) is 28.4 Å². The molecule has 0 atom stereocenters. The van der Waals surface area contributed by atoms with Crippen molar-refractivity contribution in [3.05, 3.63) is 94.6 Å². The zero-order valence-electron chi connectivity index (χ0n) is 25.2. The van der Waals surface area contributed by atoms with Crippen LogP contribution in [0, 0.1) is 5.92 Å². The van der Waals surface area contributed by atoms with Gasteiger partial charge in [0.05, 0.1) is 12.2 Å². The molecule has 7 heteroatoms. The molecule has 3 aromatic carbocycles. The molecule has 1 saturated carbocycles. The Morgan fingerprint density at radius 1 is 0.886 bits per heavy atom. The molecule has 3 aliphatic rings. The van der Waals surface area contributed by atoms with Gasteiger partial charge in [-0.25, -0.2) is 0 Å². The first-order valence-corrected chi connectivity index (χ1v) is 16.1. The van der Waals surface area contributed by atoms with Crippen LogP contribution in [0.5, 0.6) is 5.75 Å². The average molecular weight is 603 g/mol. The summed E-state index contributed by atoms with van der Waals surface area (Å²) in [5.74, 6) is 1.77. The number of rotatable bonds is 11. The summed E-state index contributed by atoms with van der Waals surface area (Å²) in [6.07, 6.45) is 8.38. The van der Waals surface area contributed by atoms with Crippen molar-refractivity contribution in [3.8, 4) is 16.9 Å². The maximum Gasteiger partial charge on any atom is 0.416 e. The van der Waals surface area contributed by atoms with Crippen LogP contribution in [-0.4, -0.2) is 43.6 Å². The number of hydrogen-bond donors (Lipinski definition) is 1. The Kier molecular flexibility index (Phi) is 9.41. The third-order valence-electron chi connectivity index (χ3n) is 9.16. The van der Waals surface area contributed by atoms with Gasteiger partial charge in [0.2, 0.25) is 0 Å². The molecule has 1 aliphatic heterocycles. The fourth-order valence-electron chi connectivity index (χ4n) is 6.29. The number of fused-ring (bicyclic) bond motifs is 1. The number of nitrogens with zero attached hydrogens (tertiary/aromatic N) is 1. The highest BCUT2D eigenvalue weighted by Gasteiger charge is 2.30. The van der Waals surface area contributed by atoms with Gasteiger partial charge in [-0.2, -0.15) is 13.2 Å². The maximum absolute atomic E-state index is 12.8. The SMILES string of the molecule is O=C(NCCCCN1CC=C(c2ccc3c(c2OCC2CC2)CCCC3)CC1)c1ccc(-c2ccc(C(F)(F)F)cc2)cc1. The second-order valence-corrected chi connectivity index (χ2v) is 12.4. The van der Waals surface area contributed by atoms with Crippen molar-refractivity contribution < 1.29 is 22.7 Å². The van der Waals surface area contributed by atoms with Crippen molar-refractivity contribution in [2.45, 2.75) is 64.0 Å². The lowest BCUT2D eigenvalue weighted by molar-refractivity contribution is -0.137. The van der Waals surface area contributed by atoms with Crippen LogP contribution in [0.3, 0.4) is 0 Å². The van der Waals surface area contributed by atoms with Gasteiger partial charge in [-0.3, -0.25) is 9.69 Å². The summed E-state index contributed by atoms with van der Waals surface area (Å²) in [5, 5.41) is 3.00. The van der Waals surface area contributed by atoms with E-state index in [4.69, 9.17) is 4.74 Å². The van der Waals surface area contributed by atoms with E-state index in [1.165, 1.54) is 72.2 Å². The molecular formula is C37H41F3N2O2. The second-order valence-electron chi connectivity index (χ2n) is 12.4. The zero-order valence-corrected chi connectivity index (χ0v) is 25.2. The lowest BCUT2D eigenvalue weighted by Gasteiger charge is -2.29. The van der Waals surface area contributed by atoms with E-state index >= 15 is 0 Å². The summed E-state index contributed by atoms with van der Waals surface area (Å²) in [6, 6.07) is 16.7. The lowest BCUT2D eigenvalue weighted by atomic mass is 9.86. The van der Waals surface area contributed by atoms with E-state index in [9.17, 15) is 18.0 Å². The number of alkyl halides is 3. The highest BCUT2D eigenvalue weighted by molar-refractivity contribution is 5.94. The number of nitrogens with one attached hydrogen (secondary N) is 1. The molecule has 2 aliphatic carbocycles. The van der Waals surface area contributed by atoms with Gasteiger partial charge in [0, 0.05) is 30.8 Å². The van der Waals surface area contributed by atoms with Crippen molar-refractivity contribution in [2.24, 2.45) is 5.92 Å². The number of amides is 1. The quantitative estimate of drug-likeness (QED) is 0.224. The van der Waals surface area contributed by atoms with Crippen LogP contribution in [0.1, 0.15) is 77.6 Å². The molecule has 6 rings (SSSR count). The largest absolute Gasteiger partial charge is 0.492 e. The Balaban J connectivity index is 0.946. The van der Waals surface area contributed by atoms with Gasteiger partial charge in [-0.15, -0.1) is 0 Å². The molecule has 0 unspecified atom stereocenters. The van der Waals surface area contributed by atoms with Gasteiger partial charge in [-0.05, 0) is 122 Å². The highest BCUT2D eigenvalue weighted by atomic mass is 19.4. The standard InChI is InChI=1S/C37H41F3N2O2/c38-37(39,40)32-16-13-28(14-17-32)27-9-11-31(12-10-27)36(43)41-21-3-4-22-42-23-19-30(20-24-42)34-18-15-29-5-1-2-6-33(29)35(34)44-25-26-7-8-26/h9-19,26H,1-8,20-25H2,(H,41,43). The minimum absolute atomic E-state index is 0.140. The summed E-state index contributed by atoms with van der Waals surface area (Å²) in [6.45, 7) is 4.42. The Hall–Kier alpha value is -3.58. The van der Waals surface area contributed by atoms with Crippen LogP contribution in [0.15, 0.2) is 66.7 Å². The van der Waals surface area contributed by atoms with E-state index in [1.807, 2.05) is 0 Å². The van der Waals surface area contributed by atoms with Gasteiger partial charge in [0.25, 0.3) is 5.91 Å². The molecule has 0 spiro atoms. The number of ether oxygens (including phenoxy) is 1. The molecule has 1 amide bonds. The predicted octanol–water partition coefficient (Wildman–Crippen LogP) is 8.34. The summed E-state index contributed by atoms with van der Waals surface area (Å²) in [7, 11) is 0. The topological polar surface area (TPSA) is 41.6 Å². The highest BCUT2D eigenvalue weighted by Crippen LogP contribution is 2.40. The van der Waals surface area contributed by atoms with Crippen LogP contribution >= 0.6 is 0 Å². The first-order chi connectivity index (χ1) is 21.3. The molecule has 0 bridgehead atoms. The minimum atomic E-state index is -4.36. The minimum Gasteiger partial charge on any atom is -0.492 e. The number of carbonyl (C=O) groups excluding carboxylic acids is 1. The molecular weight excluding hydrogens is 561 g/mol. The van der Waals surface area contributed by atoms with Crippen molar-refractivity contribution in [1.82, 2.24) is 10.2 Å². The molecule has 1 fully saturated rings. The van der Waals surface area contributed by atoms with Crippen molar-refractivity contribution >= 4 is 11.5 Å². The summed E-state index contributed by atoms with van der Waals surface area (Å²) in [5.41, 5.74) is 6.96. The zero-order chi connectivity index (χ0) is 30.5. The molecule has 1 heterocycles. The third-order valence-corrected chi connectivity index (χ3v) is 9.16.